The van der Waals surface area contributed by atoms with Gasteiger partial charge in [-0.3, -0.25) is 4.90 Å². The van der Waals surface area contributed by atoms with Gasteiger partial charge in [-0.15, -0.1) is 11.6 Å². The van der Waals surface area contributed by atoms with Crippen molar-refractivity contribution in [3.63, 3.8) is 0 Å². The molecule has 0 bridgehead atoms. The molecule has 3 heteroatoms. The Morgan fingerprint density at radius 2 is 2.06 bits per heavy atom. The summed E-state index contributed by atoms with van der Waals surface area (Å²) in [6.45, 7) is 2.76. The number of benzene rings is 1. The van der Waals surface area contributed by atoms with Gasteiger partial charge in [0.2, 0.25) is 0 Å². The van der Waals surface area contributed by atoms with Gasteiger partial charge in [-0.05, 0) is 20.0 Å². The van der Waals surface area contributed by atoms with Gasteiger partial charge < -0.3 is 0 Å². The number of likely N-dealkylation sites (N-methyl/N-ethyl adjacent to an activating group) is 1. The van der Waals surface area contributed by atoms with E-state index in [9.17, 15) is 4.39 Å². The van der Waals surface area contributed by atoms with Crippen LogP contribution in [0.3, 0.4) is 0 Å². The molecule has 1 unspecified atom stereocenters. The largest absolute Gasteiger partial charge is 0.296 e. The van der Waals surface area contributed by atoms with E-state index in [2.05, 4.69) is 4.90 Å². The van der Waals surface area contributed by atoms with Crippen molar-refractivity contribution in [1.82, 2.24) is 4.90 Å². The fourth-order valence-corrected chi connectivity index (χ4v) is 1.64. The van der Waals surface area contributed by atoms with Crippen LogP contribution in [0.4, 0.5) is 4.39 Å². The van der Waals surface area contributed by atoms with Crippen molar-refractivity contribution in [2.24, 2.45) is 0 Å². The highest BCUT2D eigenvalue weighted by atomic mass is 35.5. The Morgan fingerprint density at radius 1 is 1.38 bits per heavy atom. The molecular weight excluding hydrogens is 225 g/mol. The number of nitrogens with zero attached hydrogens (tertiary/aromatic N) is 1. The van der Waals surface area contributed by atoms with Gasteiger partial charge in [0.1, 0.15) is 5.82 Å². The summed E-state index contributed by atoms with van der Waals surface area (Å²) in [4.78, 5) is 2.07. The average molecular weight is 242 g/mol. The topological polar surface area (TPSA) is 3.24 Å². The molecule has 0 fully saturated rings. The Bertz CT molecular complexity index is 352. The van der Waals surface area contributed by atoms with Crippen molar-refractivity contribution in [2.45, 2.75) is 13.0 Å². The van der Waals surface area contributed by atoms with Gasteiger partial charge in [-0.2, -0.15) is 0 Å². The second-order valence-electron chi connectivity index (χ2n) is 3.76. The third-order valence-electron chi connectivity index (χ3n) is 2.67. The molecule has 0 aliphatic rings. The van der Waals surface area contributed by atoms with Crippen molar-refractivity contribution < 1.29 is 4.39 Å². The standard InChI is InChI=1S/C13H17ClFN/c1-11(16(2)10-6-5-9-14)12-7-3-4-8-13(12)15/h3-8,11H,9-10H2,1-2H3. The smallest absolute Gasteiger partial charge is 0.127 e. The van der Waals surface area contributed by atoms with Crippen LogP contribution in [-0.2, 0) is 0 Å². The highest BCUT2D eigenvalue weighted by Crippen LogP contribution is 2.21. The lowest BCUT2D eigenvalue weighted by Gasteiger charge is -2.24. The quantitative estimate of drug-likeness (QED) is 0.562. The molecule has 0 spiro atoms. The molecule has 1 atom stereocenters. The maximum Gasteiger partial charge on any atom is 0.127 e. The second kappa shape index (κ2) is 6.66. The van der Waals surface area contributed by atoms with Crippen molar-refractivity contribution in [1.29, 1.82) is 0 Å². The lowest BCUT2D eigenvalue weighted by Crippen LogP contribution is -2.23. The average Bonchev–Trinajstić information content (AvgIpc) is 2.29. The van der Waals surface area contributed by atoms with Crippen molar-refractivity contribution >= 4 is 11.6 Å². The lowest BCUT2D eigenvalue weighted by molar-refractivity contribution is 0.283. The number of alkyl halides is 1. The van der Waals surface area contributed by atoms with E-state index in [1.807, 2.05) is 38.3 Å². The fraction of sp³-hybridized carbons (Fsp3) is 0.385. The molecule has 1 aromatic rings. The number of halogens is 2. The Kier molecular flexibility index (Phi) is 5.50. The van der Waals surface area contributed by atoms with Crippen LogP contribution in [0, 0.1) is 5.82 Å². The van der Waals surface area contributed by atoms with Gasteiger partial charge in [0.15, 0.2) is 0 Å². The van der Waals surface area contributed by atoms with Gasteiger partial charge in [0.25, 0.3) is 0 Å². The third-order valence-corrected chi connectivity index (χ3v) is 2.84. The first kappa shape index (κ1) is 13.2. The summed E-state index contributed by atoms with van der Waals surface area (Å²) in [6, 6.07) is 6.94. The highest BCUT2D eigenvalue weighted by molar-refractivity contribution is 6.18. The molecule has 1 nitrogen and oxygen atoms in total. The van der Waals surface area contributed by atoms with Crippen LogP contribution in [-0.4, -0.2) is 24.4 Å². The Balaban J connectivity index is 2.66. The molecule has 16 heavy (non-hydrogen) atoms. The van der Waals surface area contributed by atoms with Crippen LogP contribution in [0.5, 0.6) is 0 Å². The SMILES string of the molecule is CC(c1ccccc1F)N(C)CC=CCCl. The van der Waals surface area contributed by atoms with Crippen LogP contribution >= 0.6 is 11.6 Å². The van der Waals surface area contributed by atoms with E-state index in [1.54, 1.807) is 6.07 Å². The molecule has 0 saturated carbocycles. The van der Waals surface area contributed by atoms with E-state index >= 15 is 0 Å². The van der Waals surface area contributed by atoms with Crippen LogP contribution < -0.4 is 0 Å². The molecule has 0 aliphatic heterocycles. The molecule has 0 radical (unpaired) electrons. The van der Waals surface area contributed by atoms with E-state index in [0.717, 1.165) is 12.1 Å². The lowest BCUT2D eigenvalue weighted by atomic mass is 10.1. The zero-order valence-corrected chi connectivity index (χ0v) is 10.4. The molecule has 0 heterocycles. The summed E-state index contributed by atoms with van der Waals surface area (Å²) in [5, 5.41) is 0. The molecule has 1 rings (SSSR count). The maximum absolute atomic E-state index is 13.5. The van der Waals surface area contributed by atoms with E-state index in [-0.39, 0.29) is 11.9 Å². The van der Waals surface area contributed by atoms with Gasteiger partial charge in [-0.1, -0.05) is 30.4 Å². The number of allylic oxidation sites excluding steroid dienone is 1. The Labute approximate surface area is 102 Å². The minimum absolute atomic E-state index is 0.0566. The molecule has 0 aromatic heterocycles. The van der Waals surface area contributed by atoms with Crippen LogP contribution in [0.25, 0.3) is 0 Å². The van der Waals surface area contributed by atoms with Gasteiger partial charge in [-0.25, -0.2) is 4.39 Å². The second-order valence-corrected chi connectivity index (χ2v) is 4.07. The number of hydrogen-bond acceptors (Lipinski definition) is 1. The van der Waals surface area contributed by atoms with E-state index in [1.165, 1.54) is 6.07 Å². The molecule has 0 saturated heterocycles. The Morgan fingerprint density at radius 3 is 2.69 bits per heavy atom. The fourth-order valence-electron chi connectivity index (χ4n) is 1.51. The molecular formula is C13H17ClFN. The summed E-state index contributed by atoms with van der Waals surface area (Å²) < 4.78 is 13.5. The first-order valence-corrected chi connectivity index (χ1v) is 5.86. The summed E-state index contributed by atoms with van der Waals surface area (Å²) in [5.41, 5.74) is 0.726. The van der Waals surface area contributed by atoms with Crippen molar-refractivity contribution in [3.8, 4) is 0 Å². The van der Waals surface area contributed by atoms with Crippen LogP contribution in [0.15, 0.2) is 36.4 Å². The first-order valence-electron chi connectivity index (χ1n) is 5.32. The normalized spacial score (nSPS) is 13.6. The summed E-state index contributed by atoms with van der Waals surface area (Å²) in [5.74, 6) is 0.366. The first-order chi connectivity index (χ1) is 7.66. The minimum atomic E-state index is -0.150. The third kappa shape index (κ3) is 3.62. The van der Waals surface area contributed by atoms with E-state index in [0.29, 0.717) is 5.88 Å². The number of hydrogen-bond donors (Lipinski definition) is 0. The van der Waals surface area contributed by atoms with Crippen molar-refractivity contribution in [2.75, 3.05) is 19.5 Å². The van der Waals surface area contributed by atoms with E-state index in [4.69, 9.17) is 11.6 Å². The van der Waals surface area contributed by atoms with Gasteiger partial charge in [0.05, 0.1) is 0 Å². The number of rotatable bonds is 5. The molecule has 0 amide bonds. The summed E-state index contributed by atoms with van der Waals surface area (Å²) in [7, 11) is 1.97. The highest BCUT2D eigenvalue weighted by Gasteiger charge is 2.13. The minimum Gasteiger partial charge on any atom is -0.296 e. The van der Waals surface area contributed by atoms with Crippen LogP contribution in [0.1, 0.15) is 18.5 Å². The Hall–Kier alpha value is -0.860. The molecule has 0 aliphatic carbocycles. The molecule has 0 N–H and O–H groups in total. The monoisotopic (exact) mass is 241 g/mol. The van der Waals surface area contributed by atoms with Gasteiger partial charge >= 0.3 is 0 Å². The summed E-state index contributed by atoms with van der Waals surface area (Å²) >= 11 is 5.54. The predicted molar refractivity (Wildman–Crippen MR) is 67.3 cm³/mol. The zero-order chi connectivity index (χ0) is 12.0. The molecule has 1 aromatic carbocycles. The predicted octanol–water partition coefficient (Wildman–Crippen LogP) is 3.61. The van der Waals surface area contributed by atoms with E-state index < -0.39 is 0 Å². The van der Waals surface area contributed by atoms with Gasteiger partial charge in [0, 0.05) is 24.0 Å². The van der Waals surface area contributed by atoms with Crippen molar-refractivity contribution in [3.05, 3.63) is 47.8 Å². The molecule has 88 valence electrons. The zero-order valence-electron chi connectivity index (χ0n) is 9.66. The maximum atomic E-state index is 13.5. The summed E-state index contributed by atoms with van der Waals surface area (Å²) in [6.07, 6.45) is 3.89. The van der Waals surface area contributed by atoms with Crippen LogP contribution in [0.2, 0.25) is 0 Å².